The van der Waals surface area contributed by atoms with Gasteiger partial charge in [0.05, 0.1) is 30.7 Å². The lowest BCUT2D eigenvalue weighted by atomic mass is 10.2. The molecule has 0 radical (unpaired) electrons. The number of nitrogens with two attached hydrogens (primary N) is 1. The molecule has 0 aliphatic carbocycles. The van der Waals surface area contributed by atoms with Crippen LogP contribution in [-0.2, 0) is 6.54 Å². The largest absolute Gasteiger partial charge is 0.497 e. The minimum absolute atomic E-state index is 0.145. The maximum Gasteiger partial charge on any atom is 0.201 e. The molecule has 3 rings (SSSR count). The van der Waals surface area contributed by atoms with E-state index in [0.29, 0.717) is 5.95 Å². The fourth-order valence-electron chi connectivity index (χ4n) is 2.44. The van der Waals surface area contributed by atoms with E-state index in [1.54, 1.807) is 13.3 Å². The normalized spacial score (nSPS) is 12.7. The zero-order chi connectivity index (χ0) is 14.1. The van der Waals surface area contributed by atoms with Crippen molar-refractivity contribution in [2.75, 3.05) is 12.8 Å². The van der Waals surface area contributed by atoms with E-state index in [0.717, 1.165) is 23.3 Å². The van der Waals surface area contributed by atoms with Crippen LogP contribution in [0, 0.1) is 0 Å². The highest BCUT2D eigenvalue weighted by Gasteiger charge is 2.15. The monoisotopic (exact) mass is 271 g/mol. The molecule has 0 spiro atoms. The van der Waals surface area contributed by atoms with Gasteiger partial charge in [-0.2, -0.15) is 5.10 Å². The van der Waals surface area contributed by atoms with Crippen LogP contribution < -0.4 is 10.5 Å². The molecule has 104 valence electrons. The van der Waals surface area contributed by atoms with E-state index in [2.05, 4.69) is 17.0 Å². The van der Waals surface area contributed by atoms with Crippen molar-refractivity contribution in [1.29, 1.82) is 0 Å². The summed E-state index contributed by atoms with van der Waals surface area (Å²) in [4.78, 5) is 4.39. The molecule has 1 unspecified atom stereocenters. The van der Waals surface area contributed by atoms with Gasteiger partial charge in [-0.15, -0.1) is 0 Å². The number of hydrogen-bond acceptors (Lipinski definition) is 4. The highest BCUT2D eigenvalue weighted by Crippen LogP contribution is 2.26. The van der Waals surface area contributed by atoms with E-state index < -0.39 is 0 Å². The van der Waals surface area contributed by atoms with Crippen LogP contribution in [0.5, 0.6) is 5.75 Å². The molecule has 0 amide bonds. The van der Waals surface area contributed by atoms with Crippen LogP contribution in [0.3, 0.4) is 0 Å². The lowest BCUT2D eigenvalue weighted by Crippen LogP contribution is -2.15. The Balaban J connectivity index is 2.02. The second kappa shape index (κ2) is 4.88. The van der Waals surface area contributed by atoms with Gasteiger partial charge in [-0.1, -0.05) is 0 Å². The van der Waals surface area contributed by atoms with Gasteiger partial charge in [0.1, 0.15) is 5.75 Å². The second-order valence-electron chi connectivity index (χ2n) is 4.77. The minimum atomic E-state index is 0.145. The summed E-state index contributed by atoms with van der Waals surface area (Å²) in [5, 5.41) is 4.23. The first-order chi connectivity index (χ1) is 9.69. The summed E-state index contributed by atoms with van der Waals surface area (Å²) in [6.07, 6.45) is 3.71. The van der Waals surface area contributed by atoms with Gasteiger partial charge in [0.25, 0.3) is 0 Å². The van der Waals surface area contributed by atoms with Crippen molar-refractivity contribution >= 4 is 17.0 Å². The predicted molar refractivity (Wildman–Crippen MR) is 77.6 cm³/mol. The molecule has 20 heavy (non-hydrogen) atoms. The fourth-order valence-corrected chi connectivity index (χ4v) is 2.44. The molecular weight excluding hydrogens is 254 g/mol. The maximum atomic E-state index is 6.06. The minimum Gasteiger partial charge on any atom is -0.497 e. The van der Waals surface area contributed by atoms with Crippen LogP contribution >= 0.6 is 0 Å². The summed E-state index contributed by atoms with van der Waals surface area (Å²) in [5.74, 6) is 1.30. The molecule has 0 fully saturated rings. The maximum absolute atomic E-state index is 6.06. The first-order valence-electron chi connectivity index (χ1n) is 6.48. The average molecular weight is 271 g/mol. The summed E-state index contributed by atoms with van der Waals surface area (Å²) < 4.78 is 9.17. The number of nitrogens with zero attached hydrogens (tertiary/aromatic N) is 4. The Kier molecular flexibility index (Phi) is 3.06. The van der Waals surface area contributed by atoms with Crippen molar-refractivity contribution < 1.29 is 4.74 Å². The van der Waals surface area contributed by atoms with E-state index >= 15 is 0 Å². The molecule has 2 N–H and O–H groups in total. The Morgan fingerprint density at radius 2 is 2.25 bits per heavy atom. The Morgan fingerprint density at radius 3 is 2.95 bits per heavy atom. The number of imidazole rings is 1. The molecule has 0 bridgehead atoms. The molecule has 2 heterocycles. The molecule has 0 saturated carbocycles. The quantitative estimate of drug-likeness (QED) is 0.788. The Morgan fingerprint density at radius 1 is 1.40 bits per heavy atom. The highest BCUT2D eigenvalue weighted by atomic mass is 16.5. The molecule has 0 saturated heterocycles. The van der Waals surface area contributed by atoms with Gasteiger partial charge in [0.2, 0.25) is 5.95 Å². The molecule has 0 aliphatic rings. The molecular formula is C14H17N5O. The van der Waals surface area contributed by atoms with E-state index in [4.69, 9.17) is 10.5 Å². The van der Waals surface area contributed by atoms with Crippen LogP contribution in [0.2, 0.25) is 0 Å². The van der Waals surface area contributed by atoms with Crippen molar-refractivity contribution in [3.63, 3.8) is 0 Å². The van der Waals surface area contributed by atoms with Crippen molar-refractivity contribution in [3.8, 4) is 5.75 Å². The first kappa shape index (κ1) is 12.5. The number of aromatic nitrogens is 4. The van der Waals surface area contributed by atoms with E-state index in [-0.39, 0.29) is 6.04 Å². The number of hydrogen-bond donors (Lipinski definition) is 1. The van der Waals surface area contributed by atoms with Gasteiger partial charge in [-0.25, -0.2) is 4.98 Å². The number of rotatable bonds is 4. The van der Waals surface area contributed by atoms with Crippen LogP contribution in [0.15, 0.2) is 36.7 Å². The lowest BCUT2D eigenvalue weighted by molar-refractivity contribution is 0.414. The first-order valence-corrected chi connectivity index (χ1v) is 6.48. The SMILES string of the molecule is COc1ccc2nc(N)n(C(C)Cn3cccn3)c2c1. The second-order valence-corrected chi connectivity index (χ2v) is 4.77. The number of fused-ring (bicyclic) bond motifs is 1. The van der Waals surface area contributed by atoms with Crippen molar-refractivity contribution in [1.82, 2.24) is 19.3 Å². The van der Waals surface area contributed by atoms with Gasteiger partial charge < -0.3 is 15.0 Å². The van der Waals surface area contributed by atoms with Crippen molar-refractivity contribution in [2.45, 2.75) is 19.5 Å². The topological polar surface area (TPSA) is 70.9 Å². The number of ether oxygens (including phenoxy) is 1. The number of methoxy groups -OCH3 is 1. The predicted octanol–water partition coefficient (Wildman–Crippen LogP) is 2.08. The third-order valence-electron chi connectivity index (χ3n) is 3.38. The summed E-state index contributed by atoms with van der Waals surface area (Å²) in [6, 6.07) is 7.81. The molecule has 1 atom stereocenters. The van der Waals surface area contributed by atoms with Gasteiger partial charge in [0, 0.05) is 18.5 Å². The molecule has 2 aromatic heterocycles. The third kappa shape index (κ3) is 2.09. The van der Waals surface area contributed by atoms with Gasteiger partial charge in [0.15, 0.2) is 0 Å². The van der Waals surface area contributed by atoms with Gasteiger partial charge in [-0.05, 0) is 25.1 Å². The van der Waals surface area contributed by atoms with Crippen LogP contribution in [0.4, 0.5) is 5.95 Å². The molecule has 0 aliphatic heterocycles. The average Bonchev–Trinajstić information content (AvgIpc) is 3.04. The Labute approximate surface area is 116 Å². The zero-order valence-corrected chi connectivity index (χ0v) is 11.5. The molecule has 6 nitrogen and oxygen atoms in total. The number of anilines is 1. The summed E-state index contributed by atoms with van der Waals surface area (Å²) >= 11 is 0. The van der Waals surface area contributed by atoms with Crippen molar-refractivity contribution in [2.24, 2.45) is 0 Å². The fraction of sp³-hybridized carbons (Fsp3) is 0.286. The van der Waals surface area contributed by atoms with E-state index in [9.17, 15) is 0 Å². The van der Waals surface area contributed by atoms with Crippen LogP contribution in [0.1, 0.15) is 13.0 Å². The van der Waals surface area contributed by atoms with Crippen LogP contribution in [-0.4, -0.2) is 26.4 Å². The standard InChI is InChI=1S/C14H17N5O/c1-10(9-18-7-3-6-16-18)19-13-8-11(20-2)4-5-12(13)17-14(19)15/h3-8,10H,9H2,1-2H3,(H2,15,17). The van der Waals surface area contributed by atoms with Gasteiger partial charge in [-0.3, -0.25) is 4.68 Å². The van der Waals surface area contributed by atoms with Crippen molar-refractivity contribution in [3.05, 3.63) is 36.7 Å². The summed E-state index contributed by atoms with van der Waals surface area (Å²) in [7, 11) is 1.65. The lowest BCUT2D eigenvalue weighted by Gasteiger charge is -2.16. The molecule has 6 heteroatoms. The highest BCUT2D eigenvalue weighted by molar-refractivity contribution is 5.80. The van der Waals surface area contributed by atoms with E-state index in [1.807, 2.05) is 39.7 Å². The summed E-state index contributed by atoms with van der Waals surface area (Å²) in [5.41, 5.74) is 7.90. The number of nitrogen functional groups attached to an aromatic ring is 1. The zero-order valence-electron chi connectivity index (χ0n) is 11.5. The molecule has 1 aromatic carbocycles. The molecule has 3 aromatic rings. The Bertz CT molecular complexity index is 717. The van der Waals surface area contributed by atoms with E-state index in [1.165, 1.54) is 0 Å². The Hall–Kier alpha value is -2.50. The third-order valence-corrected chi connectivity index (χ3v) is 3.38. The smallest absolute Gasteiger partial charge is 0.201 e. The van der Waals surface area contributed by atoms with Crippen LogP contribution in [0.25, 0.3) is 11.0 Å². The number of benzene rings is 1. The van der Waals surface area contributed by atoms with Gasteiger partial charge >= 0.3 is 0 Å². The summed E-state index contributed by atoms with van der Waals surface area (Å²) in [6.45, 7) is 2.83.